The fraction of sp³-hybridized carbons (Fsp3) is 0.0400. The quantitative estimate of drug-likeness (QED) is 0.430. The zero-order valence-electron chi connectivity index (χ0n) is 16.6. The highest BCUT2D eigenvalue weighted by atomic mass is 32.2. The van der Waals surface area contributed by atoms with E-state index < -0.39 is 5.92 Å². The molecule has 0 fully saturated rings. The van der Waals surface area contributed by atoms with Crippen LogP contribution in [0, 0.1) is 22.6 Å². The molecule has 1 atom stereocenters. The van der Waals surface area contributed by atoms with E-state index in [1.165, 1.54) is 23.9 Å². The Hall–Kier alpha value is -3.47. The van der Waals surface area contributed by atoms with Crippen LogP contribution in [0.1, 0.15) is 11.5 Å². The smallest absolute Gasteiger partial charge is 0.137 e. The van der Waals surface area contributed by atoms with Crippen molar-refractivity contribution in [1.29, 1.82) is 10.7 Å². The Bertz CT molecular complexity index is 1370. The van der Waals surface area contributed by atoms with Crippen LogP contribution in [0.2, 0.25) is 0 Å². The summed E-state index contributed by atoms with van der Waals surface area (Å²) in [5.41, 5.74) is 3.96. The zero-order chi connectivity index (χ0) is 21.8. The van der Waals surface area contributed by atoms with Gasteiger partial charge in [0.2, 0.25) is 0 Å². The van der Waals surface area contributed by atoms with Crippen LogP contribution in [0.5, 0.6) is 0 Å². The number of thioether (sulfide) groups is 2. The molecule has 0 aromatic heterocycles. The molecule has 4 nitrogen and oxygen atoms in total. The molecule has 0 aliphatic carbocycles. The van der Waals surface area contributed by atoms with Crippen LogP contribution < -0.4 is 10.2 Å². The fourth-order valence-corrected chi connectivity index (χ4v) is 6.54. The summed E-state index contributed by atoms with van der Waals surface area (Å²) in [6.07, 6.45) is 0. The number of fused-ring (bicyclic) bond motifs is 4. The number of benzene rings is 3. The van der Waals surface area contributed by atoms with Gasteiger partial charge in [0, 0.05) is 15.4 Å². The van der Waals surface area contributed by atoms with Gasteiger partial charge in [0.05, 0.1) is 34.0 Å². The number of nitrogens with zero attached hydrogens (tertiary/aromatic N) is 2. The van der Waals surface area contributed by atoms with Crippen LogP contribution in [0.4, 0.5) is 15.8 Å². The van der Waals surface area contributed by atoms with Crippen LogP contribution >= 0.6 is 23.5 Å². The summed E-state index contributed by atoms with van der Waals surface area (Å²) < 4.78 is 13.7. The number of amidine groups is 1. The standard InChI is InChI=1S/C25H15FN4S2/c26-15-11-9-14(10-12-15)21-16(13-27)25-30(18-6-2-4-8-20(18)32-25)23(28)22(21)24-29-17-5-1-3-7-19(17)31-24/h1-12,21,28-29H/b24-22-,28-23?. The SMILES string of the molecule is N#CC1=C2Sc3ccccc3N2C(=N)/C(=C2/Nc3ccccc3S2)C1c1ccc(F)cc1. The molecule has 3 aromatic carbocycles. The number of hydrogen-bond acceptors (Lipinski definition) is 5. The molecule has 2 N–H and O–H groups in total. The highest BCUT2D eigenvalue weighted by Crippen LogP contribution is 2.56. The number of halogens is 1. The van der Waals surface area contributed by atoms with Gasteiger partial charge in [-0.15, -0.1) is 0 Å². The molecule has 1 unspecified atom stereocenters. The number of rotatable bonds is 1. The lowest BCUT2D eigenvalue weighted by Gasteiger charge is -2.35. The van der Waals surface area contributed by atoms with Crippen LogP contribution in [0.25, 0.3) is 0 Å². The lowest BCUT2D eigenvalue weighted by atomic mass is 9.82. The average molecular weight is 455 g/mol. The Morgan fingerprint density at radius 3 is 2.41 bits per heavy atom. The third kappa shape index (κ3) is 2.80. The highest BCUT2D eigenvalue weighted by Gasteiger charge is 2.44. The Morgan fingerprint density at radius 2 is 1.66 bits per heavy atom. The Kier molecular flexibility index (Phi) is 4.39. The summed E-state index contributed by atoms with van der Waals surface area (Å²) in [5.74, 6) is -0.468. The average Bonchev–Trinajstić information content (AvgIpc) is 3.41. The van der Waals surface area contributed by atoms with Crippen molar-refractivity contribution in [2.24, 2.45) is 0 Å². The summed E-state index contributed by atoms with van der Waals surface area (Å²) in [4.78, 5) is 3.95. The van der Waals surface area contributed by atoms with Gasteiger partial charge in [0.1, 0.15) is 16.7 Å². The van der Waals surface area contributed by atoms with E-state index in [4.69, 9.17) is 0 Å². The minimum Gasteiger partial charge on any atom is -0.349 e. The van der Waals surface area contributed by atoms with Gasteiger partial charge in [0.15, 0.2) is 0 Å². The van der Waals surface area contributed by atoms with Crippen LogP contribution in [0.15, 0.2) is 104 Å². The van der Waals surface area contributed by atoms with Crippen molar-refractivity contribution in [1.82, 2.24) is 0 Å². The van der Waals surface area contributed by atoms with Crippen molar-refractivity contribution < 1.29 is 4.39 Å². The lowest BCUT2D eigenvalue weighted by Crippen LogP contribution is -2.37. The van der Waals surface area contributed by atoms with E-state index >= 15 is 0 Å². The maximum Gasteiger partial charge on any atom is 0.137 e. The van der Waals surface area contributed by atoms with Crippen molar-refractivity contribution in [2.75, 3.05) is 10.2 Å². The molecule has 32 heavy (non-hydrogen) atoms. The van der Waals surface area contributed by atoms with Gasteiger partial charge >= 0.3 is 0 Å². The lowest BCUT2D eigenvalue weighted by molar-refractivity contribution is 0.627. The summed E-state index contributed by atoms with van der Waals surface area (Å²) >= 11 is 3.07. The molecule has 154 valence electrons. The largest absolute Gasteiger partial charge is 0.349 e. The number of nitrogens with one attached hydrogen (secondary N) is 2. The van der Waals surface area contributed by atoms with Crippen molar-refractivity contribution in [3.05, 3.63) is 105 Å². The molecule has 0 radical (unpaired) electrons. The van der Waals surface area contributed by atoms with Crippen LogP contribution in [0.3, 0.4) is 0 Å². The number of nitriles is 1. The van der Waals surface area contributed by atoms with E-state index in [1.54, 1.807) is 23.9 Å². The van der Waals surface area contributed by atoms with Gasteiger partial charge in [-0.3, -0.25) is 10.3 Å². The summed E-state index contributed by atoms with van der Waals surface area (Å²) in [5, 5.41) is 24.6. The van der Waals surface area contributed by atoms with E-state index in [1.807, 2.05) is 53.4 Å². The second-order valence-corrected chi connectivity index (χ2v) is 9.62. The van der Waals surface area contributed by atoms with Crippen molar-refractivity contribution in [2.45, 2.75) is 15.7 Å². The number of allylic oxidation sites excluding steroid dienone is 1. The molecule has 3 aromatic rings. The molecular formula is C25H15FN4S2. The number of hydrogen-bond donors (Lipinski definition) is 2. The number of para-hydroxylation sites is 2. The molecule has 3 heterocycles. The van der Waals surface area contributed by atoms with E-state index in [0.717, 1.165) is 42.4 Å². The molecule has 0 saturated carbocycles. The normalized spacial score (nSPS) is 21.1. The van der Waals surface area contributed by atoms with Gasteiger partial charge in [-0.25, -0.2) is 4.39 Å². The molecule has 3 aliphatic rings. The number of anilines is 2. The highest BCUT2D eigenvalue weighted by molar-refractivity contribution is 8.04. The molecule has 0 spiro atoms. The molecule has 0 bridgehead atoms. The van der Waals surface area contributed by atoms with E-state index in [-0.39, 0.29) is 5.82 Å². The summed E-state index contributed by atoms with van der Waals surface area (Å²) in [7, 11) is 0. The maximum absolute atomic E-state index is 13.7. The Morgan fingerprint density at radius 1 is 0.938 bits per heavy atom. The van der Waals surface area contributed by atoms with E-state index in [9.17, 15) is 15.1 Å². The molecule has 6 rings (SSSR count). The van der Waals surface area contributed by atoms with Crippen LogP contribution in [-0.2, 0) is 0 Å². The predicted octanol–water partition coefficient (Wildman–Crippen LogP) is 6.68. The molecule has 0 amide bonds. The maximum atomic E-state index is 13.7. The van der Waals surface area contributed by atoms with Gasteiger partial charge in [0.25, 0.3) is 0 Å². The van der Waals surface area contributed by atoms with E-state index in [2.05, 4.69) is 11.4 Å². The topological polar surface area (TPSA) is 62.9 Å². The third-order valence-electron chi connectivity index (χ3n) is 5.72. The first-order valence-corrected chi connectivity index (χ1v) is 11.6. The van der Waals surface area contributed by atoms with Gasteiger partial charge in [-0.05, 0) is 42.0 Å². The van der Waals surface area contributed by atoms with Gasteiger partial charge in [-0.2, -0.15) is 5.26 Å². The van der Waals surface area contributed by atoms with Gasteiger partial charge < -0.3 is 5.32 Å². The minimum absolute atomic E-state index is 0.327. The first-order valence-electron chi connectivity index (χ1n) is 9.99. The summed E-state index contributed by atoms with van der Waals surface area (Å²) in [6.45, 7) is 0. The molecule has 3 aliphatic heterocycles. The Labute approximate surface area is 193 Å². The first kappa shape index (κ1) is 19.2. The first-order chi connectivity index (χ1) is 15.7. The predicted molar refractivity (Wildman–Crippen MR) is 127 cm³/mol. The second-order valence-electron chi connectivity index (χ2n) is 7.54. The van der Waals surface area contributed by atoms with Crippen molar-refractivity contribution in [3.8, 4) is 6.07 Å². The Balaban J connectivity index is 1.61. The molecular weight excluding hydrogens is 439 g/mol. The minimum atomic E-state index is -0.467. The van der Waals surface area contributed by atoms with E-state index in [0.29, 0.717) is 11.4 Å². The third-order valence-corrected chi connectivity index (χ3v) is 7.98. The summed E-state index contributed by atoms with van der Waals surface area (Å²) in [6, 6.07) is 24.5. The van der Waals surface area contributed by atoms with Crippen molar-refractivity contribution >= 4 is 40.7 Å². The second kappa shape index (κ2) is 7.30. The van der Waals surface area contributed by atoms with Gasteiger partial charge in [-0.1, -0.05) is 59.9 Å². The van der Waals surface area contributed by atoms with Crippen LogP contribution in [-0.4, -0.2) is 5.84 Å². The molecule has 0 saturated heterocycles. The van der Waals surface area contributed by atoms with Crippen molar-refractivity contribution in [3.63, 3.8) is 0 Å². The zero-order valence-corrected chi connectivity index (χ0v) is 18.2. The fourth-order valence-electron chi connectivity index (χ4n) is 4.29. The monoisotopic (exact) mass is 454 g/mol. The molecule has 7 heteroatoms.